The topological polar surface area (TPSA) is 65.0 Å². The molecule has 2 saturated carbocycles. The van der Waals surface area contributed by atoms with Crippen LogP contribution < -0.4 is 15.0 Å². The molecule has 6 nitrogen and oxygen atoms in total. The average molecular weight is 442 g/mol. The van der Waals surface area contributed by atoms with Crippen molar-refractivity contribution in [2.45, 2.75) is 57.5 Å². The van der Waals surface area contributed by atoms with Crippen molar-refractivity contribution in [3.8, 4) is 5.75 Å². The number of ether oxygens (including phenoxy) is 1. The summed E-state index contributed by atoms with van der Waals surface area (Å²) in [6.45, 7) is 6.94. The molecule has 2 aliphatic heterocycles. The third-order valence-corrected chi connectivity index (χ3v) is 8.38. The number of carbonyl (C=O) groups excluding carboxylic acids is 1. The molecule has 0 aromatic heterocycles. The lowest BCUT2D eigenvalue weighted by Gasteiger charge is -2.44. The Morgan fingerprint density at radius 1 is 1.09 bits per heavy atom. The fourth-order valence-corrected chi connectivity index (χ4v) is 6.94. The van der Waals surface area contributed by atoms with Crippen molar-refractivity contribution in [1.82, 2.24) is 10.2 Å². The smallest absolute Gasteiger partial charge is 0.317 e. The van der Waals surface area contributed by atoms with Crippen LogP contribution in [-0.4, -0.2) is 61.0 Å². The Balaban J connectivity index is 1.06. The zero-order valence-electron chi connectivity index (χ0n) is 19.5. The summed E-state index contributed by atoms with van der Waals surface area (Å²) in [7, 11) is 0. The zero-order chi connectivity index (χ0) is 22.1. The Labute approximate surface area is 192 Å². The van der Waals surface area contributed by atoms with Crippen LogP contribution in [0.2, 0.25) is 0 Å². The lowest BCUT2D eigenvalue weighted by Crippen LogP contribution is -2.45. The minimum absolute atomic E-state index is 0.0478. The van der Waals surface area contributed by atoms with Crippen LogP contribution in [0.3, 0.4) is 0 Å². The summed E-state index contributed by atoms with van der Waals surface area (Å²) in [5, 5.41) is 14.2. The summed E-state index contributed by atoms with van der Waals surface area (Å²) in [4.78, 5) is 17.2. The summed E-state index contributed by atoms with van der Waals surface area (Å²) in [6, 6.07) is 8.41. The highest BCUT2D eigenvalue weighted by atomic mass is 16.5. The zero-order valence-corrected chi connectivity index (χ0v) is 19.5. The molecule has 1 aromatic carbocycles. The van der Waals surface area contributed by atoms with Gasteiger partial charge in [0.15, 0.2) is 0 Å². The van der Waals surface area contributed by atoms with E-state index in [0.29, 0.717) is 43.2 Å². The predicted molar refractivity (Wildman–Crippen MR) is 126 cm³/mol. The second kappa shape index (κ2) is 9.12. The summed E-state index contributed by atoms with van der Waals surface area (Å²) >= 11 is 0. The monoisotopic (exact) mass is 441 g/mol. The van der Waals surface area contributed by atoms with Crippen molar-refractivity contribution < 1.29 is 14.6 Å². The van der Waals surface area contributed by atoms with Gasteiger partial charge in [-0.05, 0) is 68.7 Å². The Bertz CT molecular complexity index is 772. The van der Waals surface area contributed by atoms with E-state index in [2.05, 4.69) is 22.3 Å². The Morgan fingerprint density at radius 3 is 2.38 bits per heavy atom. The SMILES string of the molecule is CCOc1ccc(N2C[C@H]3CN(C(=O)NCCC4(O)CC5CCCC(C5)C4)C[C@H]3C2)cc1. The van der Waals surface area contributed by atoms with Gasteiger partial charge in [-0.15, -0.1) is 0 Å². The third kappa shape index (κ3) is 4.70. The largest absolute Gasteiger partial charge is 0.494 e. The summed E-state index contributed by atoms with van der Waals surface area (Å²) in [5.74, 6) is 3.38. The van der Waals surface area contributed by atoms with Crippen LogP contribution in [0.15, 0.2) is 24.3 Å². The molecule has 2 unspecified atom stereocenters. The first-order valence-electron chi connectivity index (χ1n) is 12.7. The number of urea groups is 1. The van der Waals surface area contributed by atoms with E-state index in [1.54, 1.807) is 0 Å². The first-order valence-corrected chi connectivity index (χ1v) is 12.7. The number of hydrogen-bond acceptors (Lipinski definition) is 4. The summed E-state index contributed by atoms with van der Waals surface area (Å²) < 4.78 is 5.55. The van der Waals surface area contributed by atoms with E-state index in [9.17, 15) is 9.90 Å². The Morgan fingerprint density at radius 2 is 1.75 bits per heavy atom. The number of anilines is 1. The molecule has 4 fully saturated rings. The van der Waals surface area contributed by atoms with Gasteiger partial charge in [0.05, 0.1) is 12.2 Å². The molecule has 2 aliphatic carbocycles. The van der Waals surface area contributed by atoms with E-state index in [-0.39, 0.29) is 6.03 Å². The number of nitrogens with one attached hydrogen (secondary N) is 1. The summed E-state index contributed by atoms with van der Waals surface area (Å²) in [6.07, 6.45) is 7.72. The van der Waals surface area contributed by atoms with Gasteiger partial charge in [-0.25, -0.2) is 4.79 Å². The fourth-order valence-electron chi connectivity index (χ4n) is 6.94. The van der Waals surface area contributed by atoms with Gasteiger partial charge in [0.25, 0.3) is 0 Å². The molecule has 2 heterocycles. The van der Waals surface area contributed by atoms with Crippen LogP contribution in [0, 0.1) is 23.7 Å². The predicted octanol–water partition coefficient (Wildman–Crippen LogP) is 3.88. The van der Waals surface area contributed by atoms with E-state index in [4.69, 9.17) is 4.74 Å². The Hall–Kier alpha value is -1.95. The molecule has 176 valence electrons. The molecular weight excluding hydrogens is 402 g/mol. The number of amides is 2. The van der Waals surface area contributed by atoms with Crippen molar-refractivity contribution in [2.24, 2.45) is 23.7 Å². The highest BCUT2D eigenvalue weighted by molar-refractivity contribution is 5.74. The quantitative estimate of drug-likeness (QED) is 0.703. The van der Waals surface area contributed by atoms with Crippen molar-refractivity contribution in [3.05, 3.63) is 24.3 Å². The molecule has 0 radical (unpaired) electrons. The maximum absolute atomic E-state index is 12.8. The van der Waals surface area contributed by atoms with Gasteiger partial charge in [0.1, 0.15) is 5.75 Å². The van der Waals surface area contributed by atoms with Crippen LogP contribution in [0.1, 0.15) is 51.9 Å². The van der Waals surface area contributed by atoms with Crippen molar-refractivity contribution in [2.75, 3.05) is 44.2 Å². The van der Waals surface area contributed by atoms with Gasteiger partial charge in [-0.1, -0.05) is 19.3 Å². The van der Waals surface area contributed by atoms with E-state index >= 15 is 0 Å². The molecule has 2 amide bonds. The fraction of sp³-hybridized carbons (Fsp3) is 0.731. The lowest BCUT2D eigenvalue weighted by molar-refractivity contribution is -0.0563. The number of nitrogens with zero attached hydrogens (tertiary/aromatic N) is 2. The number of likely N-dealkylation sites (tertiary alicyclic amines) is 1. The van der Waals surface area contributed by atoms with Gasteiger partial charge >= 0.3 is 6.03 Å². The molecule has 4 aliphatic rings. The normalized spacial score (nSPS) is 33.8. The molecule has 4 atom stereocenters. The van der Waals surface area contributed by atoms with Gasteiger partial charge in [0, 0.05) is 50.2 Å². The average Bonchev–Trinajstić information content (AvgIpc) is 3.33. The van der Waals surface area contributed by atoms with Crippen molar-refractivity contribution in [1.29, 1.82) is 0 Å². The van der Waals surface area contributed by atoms with Crippen LogP contribution >= 0.6 is 0 Å². The van der Waals surface area contributed by atoms with Crippen LogP contribution in [0.4, 0.5) is 10.5 Å². The first kappa shape index (κ1) is 21.9. The second-order valence-electron chi connectivity index (χ2n) is 10.8. The van der Waals surface area contributed by atoms with E-state index < -0.39 is 5.60 Å². The molecule has 2 N–H and O–H groups in total. The van der Waals surface area contributed by atoms with Gasteiger partial charge in [-0.2, -0.15) is 0 Å². The standard InChI is InChI=1S/C26H39N3O3/c1-2-32-24-8-6-23(7-9-24)28-15-21-17-29(18-22(21)16-28)25(30)27-11-10-26(31)13-19-4-3-5-20(12-19)14-26/h6-9,19-22,31H,2-5,10-18H2,1H3,(H,27,30)/t19?,20?,21-,22+,26?. The number of carbonyl (C=O) groups is 1. The van der Waals surface area contributed by atoms with Crippen LogP contribution in [-0.2, 0) is 0 Å². The van der Waals surface area contributed by atoms with Crippen molar-refractivity contribution >= 4 is 11.7 Å². The molecule has 32 heavy (non-hydrogen) atoms. The lowest BCUT2D eigenvalue weighted by atomic mass is 9.65. The van der Waals surface area contributed by atoms with Gasteiger partial charge < -0.3 is 25.0 Å². The highest BCUT2D eigenvalue weighted by Crippen LogP contribution is 2.45. The maximum Gasteiger partial charge on any atom is 0.317 e. The molecule has 5 rings (SSSR count). The molecule has 2 saturated heterocycles. The van der Waals surface area contributed by atoms with Crippen molar-refractivity contribution in [3.63, 3.8) is 0 Å². The van der Waals surface area contributed by atoms with Gasteiger partial charge in [-0.3, -0.25) is 0 Å². The minimum Gasteiger partial charge on any atom is -0.494 e. The highest BCUT2D eigenvalue weighted by Gasteiger charge is 2.43. The van der Waals surface area contributed by atoms with Crippen LogP contribution in [0.5, 0.6) is 5.75 Å². The number of fused-ring (bicyclic) bond motifs is 3. The maximum atomic E-state index is 12.8. The van der Waals surface area contributed by atoms with E-state index in [0.717, 1.165) is 44.8 Å². The molecular formula is C26H39N3O3. The number of aliphatic hydroxyl groups is 1. The number of benzene rings is 1. The van der Waals surface area contributed by atoms with E-state index in [1.165, 1.54) is 31.4 Å². The minimum atomic E-state index is -0.568. The third-order valence-electron chi connectivity index (χ3n) is 8.38. The first-order chi connectivity index (χ1) is 15.5. The number of hydrogen-bond donors (Lipinski definition) is 2. The number of rotatable bonds is 6. The molecule has 6 heteroatoms. The molecule has 1 aromatic rings. The Kier molecular flexibility index (Phi) is 6.24. The van der Waals surface area contributed by atoms with Crippen LogP contribution in [0.25, 0.3) is 0 Å². The molecule has 0 spiro atoms. The second-order valence-corrected chi connectivity index (χ2v) is 10.8. The van der Waals surface area contributed by atoms with E-state index in [1.807, 2.05) is 24.0 Å². The molecule has 2 bridgehead atoms. The summed E-state index contributed by atoms with van der Waals surface area (Å²) in [5.41, 5.74) is 0.672. The van der Waals surface area contributed by atoms with Gasteiger partial charge in [0.2, 0.25) is 0 Å².